The molecule has 3 amide bonds. The second-order valence-corrected chi connectivity index (χ2v) is 15.0. The molecule has 0 spiro atoms. The Kier molecular flexibility index (Phi) is 10.7. The van der Waals surface area contributed by atoms with Crippen molar-refractivity contribution in [2.24, 2.45) is 0 Å². The number of carbonyl (C=O) groups is 3. The number of hydrogen-bond donors (Lipinski definition) is 3. The average Bonchev–Trinajstić information content (AvgIpc) is 3.86. The number of para-hydroxylation sites is 2. The lowest BCUT2D eigenvalue weighted by Crippen LogP contribution is -2.35. The number of anilines is 3. The number of sulfonamides is 1. The van der Waals surface area contributed by atoms with E-state index in [0.29, 0.717) is 39.1 Å². The number of ether oxygens (including phenoxy) is 2. The Balaban J connectivity index is 1.40. The van der Waals surface area contributed by atoms with Crippen LogP contribution < -0.4 is 19.7 Å². The first kappa shape index (κ1) is 36.9. The Morgan fingerprint density at radius 2 is 1.47 bits per heavy atom. The molecule has 1 atom stereocenters. The van der Waals surface area contributed by atoms with Gasteiger partial charge in [-0.15, -0.1) is 0 Å². The van der Waals surface area contributed by atoms with E-state index in [0.717, 1.165) is 25.7 Å². The number of aromatic nitrogens is 1. The molecule has 1 aliphatic carbocycles. The number of amides is 3. The van der Waals surface area contributed by atoms with Crippen molar-refractivity contribution in [1.29, 1.82) is 0 Å². The van der Waals surface area contributed by atoms with Crippen LogP contribution in [0.2, 0.25) is 0 Å². The molecule has 0 bridgehead atoms. The van der Waals surface area contributed by atoms with Crippen LogP contribution in [0.4, 0.5) is 21.9 Å². The van der Waals surface area contributed by atoms with Gasteiger partial charge in [0.05, 0.1) is 17.9 Å². The number of methoxy groups -OCH3 is 1. The third-order valence-corrected chi connectivity index (χ3v) is 11.3. The molecule has 1 aliphatic rings. The first-order valence-electron chi connectivity index (χ1n) is 18.0. The van der Waals surface area contributed by atoms with E-state index in [-0.39, 0.29) is 27.9 Å². The predicted molar refractivity (Wildman–Crippen MR) is 211 cm³/mol. The number of H-pyrrole nitrogens is 1. The van der Waals surface area contributed by atoms with E-state index in [1.165, 1.54) is 19.2 Å². The number of hydrogen-bond acceptors (Lipinski definition) is 7. The summed E-state index contributed by atoms with van der Waals surface area (Å²) in [6.07, 6.45) is 4.62. The smallest absolute Gasteiger partial charge is 0.411 e. The highest BCUT2D eigenvalue weighted by atomic mass is 32.2. The van der Waals surface area contributed by atoms with Gasteiger partial charge in [-0.25, -0.2) is 17.9 Å². The topological polar surface area (TPSA) is 147 Å². The minimum atomic E-state index is -4.33. The molecule has 1 aromatic heterocycles. The Bertz CT molecular complexity index is 2420. The molecule has 55 heavy (non-hydrogen) atoms. The highest BCUT2D eigenvalue weighted by Crippen LogP contribution is 2.42. The van der Waals surface area contributed by atoms with Gasteiger partial charge in [0, 0.05) is 45.3 Å². The zero-order valence-electron chi connectivity index (χ0n) is 30.3. The van der Waals surface area contributed by atoms with Crippen molar-refractivity contribution in [2.45, 2.75) is 49.5 Å². The lowest BCUT2D eigenvalue weighted by Gasteiger charge is -2.29. The maximum atomic E-state index is 15.6. The Hall–Kier alpha value is -6.40. The van der Waals surface area contributed by atoms with Crippen molar-refractivity contribution in [3.05, 3.63) is 150 Å². The van der Waals surface area contributed by atoms with E-state index in [9.17, 15) is 18.0 Å². The maximum Gasteiger partial charge on any atom is 0.411 e. The third kappa shape index (κ3) is 7.81. The molecule has 7 rings (SSSR count). The zero-order valence-corrected chi connectivity index (χ0v) is 31.1. The molecule has 0 saturated heterocycles. The van der Waals surface area contributed by atoms with Crippen LogP contribution >= 0.6 is 0 Å². The fraction of sp³-hybridized carbons (Fsp3) is 0.186. The number of fused-ring (bicyclic) bond motifs is 1. The molecular formula is C43H40N4O7S. The minimum Gasteiger partial charge on any atom is -0.496 e. The van der Waals surface area contributed by atoms with Crippen molar-refractivity contribution < 1.29 is 32.3 Å². The van der Waals surface area contributed by atoms with Crippen molar-refractivity contribution in [1.82, 2.24) is 9.71 Å². The zero-order chi connectivity index (χ0) is 38.5. The largest absolute Gasteiger partial charge is 0.496 e. The predicted octanol–water partition coefficient (Wildman–Crippen LogP) is 8.59. The summed E-state index contributed by atoms with van der Waals surface area (Å²) in [4.78, 5) is 47.5. The van der Waals surface area contributed by atoms with Gasteiger partial charge in [-0.1, -0.05) is 60.7 Å². The van der Waals surface area contributed by atoms with Crippen molar-refractivity contribution in [2.75, 3.05) is 17.3 Å². The SMILES string of the molecule is COc1cccc(C(=O)NS(=O)(=O)c2ccccc2C)c1C(C(=O)N(c1ccccc1)c1ccccc1)c1c[nH]c2ccc(NC(=O)OC3CCCC3)cc12. The second-order valence-electron chi connectivity index (χ2n) is 13.3. The van der Waals surface area contributed by atoms with Gasteiger partial charge in [0.2, 0.25) is 5.91 Å². The number of nitrogens with one attached hydrogen (secondary N) is 3. The monoisotopic (exact) mass is 756 g/mol. The molecule has 3 N–H and O–H groups in total. The average molecular weight is 757 g/mol. The summed E-state index contributed by atoms with van der Waals surface area (Å²) < 4.78 is 41.0. The molecule has 6 aromatic rings. The van der Waals surface area contributed by atoms with Gasteiger partial charge < -0.3 is 14.5 Å². The Labute approximate surface area is 319 Å². The van der Waals surface area contributed by atoms with Crippen LogP contribution in [-0.2, 0) is 19.6 Å². The Morgan fingerprint density at radius 3 is 2.13 bits per heavy atom. The van der Waals surface area contributed by atoms with E-state index in [4.69, 9.17) is 9.47 Å². The van der Waals surface area contributed by atoms with Gasteiger partial charge in [0.1, 0.15) is 11.9 Å². The van der Waals surface area contributed by atoms with Crippen molar-refractivity contribution in [3.8, 4) is 5.75 Å². The van der Waals surface area contributed by atoms with Crippen molar-refractivity contribution >= 4 is 55.9 Å². The van der Waals surface area contributed by atoms with Crippen LogP contribution in [0.1, 0.15) is 58.6 Å². The first-order valence-corrected chi connectivity index (χ1v) is 19.5. The van der Waals surface area contributed by atoms with Crippen LogP contribution in [-0.4, -0.2) is 44.5 Å². The van der Waals surface area contributed by atoms with E-state index in [1.54, 1.807) is 90.8 Å². The number of aromatic amines is 1. The van der Waals surface area contributed by atoms with E-state index < -0.39 is 33.8 Å². The molecule has 0 radical (unpaired) electrons. The highest BCUT2D eigenvalue weighted by molar-refractivity contribution is 7.90. The minimum absolute atomic E-state index is 0.0529. The quantitative estimate of drug-likeness (QED) is 0.120. The van der Waals surface area contributed by atoms with Gasteiger partial charge in [-0.3, -0.25) is 19.8 Å². The van der Waals surface area contributed by atoms with Crippen LogP contribution in [0.5, 0.6) is 5.75 Å². The molecule has 280 valence electrons. The van der Waals surface area contributed by atoms with Crippen LogP contribution in [0.25, 0.3) is 10.9 Å². The lowest BCUT2D eigenvalue weighted by atomic mass is 9.85. The molecule has 0 aliphatic heterocycles. The van der Waals surface area contributed by atoms with E-state index >= 15 is 4.79 Å². The van der Waals surface area contributed by atoms with Gasteiger partial charge in [-0.2, -0.15) is 0 Å². The summed E-state index contributed by atoms with van der Waals surface area (Å²) in [6.45, 7) is 1.64. The molecule has 1 saturated carbocycles. The summed E-state index contributed by atoms with van der Waals surface area (Å²) in [5, 5.41) is 3.40. The molecule has 12 heteroatoms. The third-order valence-electron chi connectivity index (χ3n) is 9.77. The fourth-order valence-electron chi connectivity index (χ4n) is 7.17. The van der Waals surface area contributed by atoms with Crippen LogP contribution in [0.15, 0.2) is 132 Å². The first-order chi connectivity index (χ1) is 26.6. The molecule has 5 aromatic carbocycles. The molecule has 1 unspecified atom stereocenters. The highest BCUT2D eigenvalue weighted by Gasteiger charge is 2.37. The van der Waals surface area contributed by atoms with Gasteiger partial charge >= 0.3 is 6.09 Å². The van der Waals surface area contributed by atoms with Gasteiger partial charge in [0.15, 0.2) is 0 Å². The van der Waals surface area contributed by atoms with E-state index in [2.05, 4.69) is 15.0 Å². The summed E-state index contributed by atoms with van der Waals surface area (Å²) in [5.74, 6) is -2.48. The summed E-state index contributed by atoms with van der Waals surface area (Å²) in [7, 11) is -2.91. The van der Waals surface area contributed by atoms with Crippen LogP contribution in [0, 0.1) is 6.92 Å². The second kappa shape index (κ2) is 15.9. The van der Waals surface area contributed by atoms with Crippen LogP contribution in [0.3, 0.4) is 0 Å². The summed E-state index contributed by atoms with van der Waals surface area (Å²) in [5.41, 5.74) is 3.17. The molecule has 1 heterocycles. The Morgan fingerprint density at radius 1 is 0.818 bits per heavy atom. The number of nitrogens with zero attached hydrogens (tertiary/aromatic N) is 1. The number of benzene rings is 5. The standard InChI is InChI=1S/C43H40N4O7S/c1-28-14-9-12-23-38(28)55(51,52)46-41(48)33-21-13-22-37(53-2)39(33)40(42(49)47(30-15-5-3-6-16-30)31-17-7-4-8-18-31)35-27-44-36-25-24-29(26-34(35)36)45-43(50)54-32-19-10-11-20-32/h3-9,12-18,21-27,32,40,44H,10-11,19-20H2,1-2H3,(H,45,50)(H,46,48). The number of rotatable bonds is 11. The summed E-state index contributed by atoms with van der Waals surface area (Å²) >= 11 is 0. The van der Waals surface area contributed by atoms with Gasteiger partial charge in [-0.05, 0) is 104 Å². The lowest BCUT2D eigenvalue weighted by molar-refractivity contribution is -0.118. The maximum absolute atomic E-state index is 15.6. The van der Waals surface area contributed by atoms with Gasteiger partial charge in [0.25, 0.3) is 15.9 Å². The normalized spacial score (nSPS) is 13.6. The summed E-state index contributed by atoms with van der Waals surface area (Å²) in [6, 6.07) is 34.4. The molecular weight excluding hydrogens is 717 g/mol. The number of aryl methyl sites for hydroxylation is 1. The molecule has 11 nitrogen and oxygen atoms in total. The number of carbonyl (C=O) groups excluding carboxylic acids is 3. The fourth-order valence-corrected chi connectivity index (χ4v) is 8.38. The molecule has 1 fully saturated rings. The van der Waals surface area contributed by atoms with Crippen molar-refractivity contribution in [3.63, 3.8) is 0 Å². The van der Waals surface area contributed by atoms with E-state index in [1.807, 2.05) is 36.4 Å².